The maximum Gasteiger partial charge on any atom is 0.119 e. The molecule has 0 N–H and O–H groups in total. The van der Waals surface area contributed by atoms with Crippen LogP contribution in [-0.4, -0.2) is 31.1 Å². The van der Waals surface area contributed by atoms with Gasteiger partial charge in [-0.2, -0.15) is 0 Å². The van der Waals surface area contributed by atoms with Gasteiger partial charge in [0.25, 0.3) is 0 Å². The van der Waals surface area contributed by atoms with E-state index in [0.717, 1.165) is 25.3 Å². The van der Waals surface area contributed by atoms with Crippen LogP contribution in [0.1, 0.15) is 38.7 Å². The van der Waals surface area contributed by atoms with Crippen LogP contribution >= 0.6 is 0 Å². The Balaban J connectivity index is 1.48. The molecule has 0 aliphatic carbocycles. The van der Waals surface area contributed by atoms with E-state index in [1.54, 1.807) is 0 Å². The standard InChI is InChI=1S/C23H31NO/c1-19-17-21(11-12-22(19)20-9-5-4-6-10-20)25-16-8-15-24-14-7-13-23(2,3)18-24/h4-6,9-12,17H,7-8,13-16,18H2,1-3H3. The maximum absolute atomic E-state index is 5.99. The molecule has 0 spiro atoms. The highest BCUT2D eigenvalue weighted by Crippen LogP contribution is 2.29. The van der Waals surface area contributed by atoms with Gasteiger partial charge in [0.15, 0.2) is 0 Å². The van der Waals surface area contributed by atoms with E-state index < -0.39 is 0 Å². The summed E-state index contributed by atoms with van der Waals surface area (Å²) in [6, 6.07) is 17.0. The lowest BCUT2D eigenvalue weighted by atomic mass is 9.84. The minimum atomic E-state index is 0.476. The van der Waals surface area contributed by atoms with Crippen molar-refractivity contribution in [1.82, 2.24) is 4.90 Å². The van der Waals surface area contributed by atoms with Crippen molar-refractivity contribution in [3.8, 4) is 16.9 Å². The summed E-state index contributed by atoms with van der Waals surface area (Å²) in [5.41, 5.74) is 4.29. The lowest BCUT2D eigenvalue weighted by Gasteiger charge is -2.38. The molecule has 0 unspecified atom stereocenters. The molecule has 1 heterocycles. The maximum atomic E-state index is 5.99. The van der Waals surface area contributed by atoms with Crippen LogP contribution < -0.4 is 4.74 Å². The summed E-state index contributed by atoms with van der Waals surface area (Å²) in [7, 11) is 0. The summed E-state index contributed by atoms with van der Waals surface area (Å²) in [5.74, 6) is 0.983. The van der Waals surface area contributed by atoms with Gasteiger partial charge in [-0.1, -0.05) is 50.2 Å². The number of piperidine rings is 1. The number of hydrogen-bond donors (Lipinski definition) is 0. The molecule has 0 radical (unpaired) electrons. The van der Waals surface area contributed by atoms with Gasteiger partial charge in [-0.05, 0) is 67.0 Å². The molecule has 3 rings (SSSR count). The molecule has 0 amide bonds. The van der Waals surface area contributed by atoms with E-state index in [9.17, 15) is 0 Å². The molecule has 2 aromatic rings. The fourth-order valence-corrected chi connectivity index (χ4v) is 3.88. The Kier molecular flexibility index (Phi) is 5.80. The molecule has 0 atom stereocenters. The third kappa shape index (κ3) is 5.09. The Labute approximate surface area is 152 Å². The van der Waals surface area contributed by atoms with Gasteiger partial charge in [-0.3, -0.25) is 0 Å². The van der Waals surface area contributed by atoms with Gasteiger partial charge < -0.3 is 9.64 Å². The second kappa shape index (κ2) is 8.05. The first-order valence-corrected chi connectivity index (χ1v) is 9.55. The van der Waals surface area contributed by atoms with E-state index in [-0.39, 0.29) is 0 Å². The van der Waals surface area contributed by atoms with Crippen molar-refractivity contribution in [2.45, 2.75) is 40.0 Å². The Morgan fingerprint density at radius 1 is 1.08 bits per heavy atom. The van der Waals surface area contributed by atoms with Crippen LogP contribution in [-0.2, 0) is 0 Å². The highest BCUT2D eigenvalue weighted by atomic mass is 16.5. The van der Waals surface area contributed by atoms with Crippen molar-refractivity contribution in [2.75, 3.05) is 26.2 Å². The van der Waals surface area contributed by atoms with E-state index in [4.69, 9.17) is 4.74 Å². The van der Waals surface area contributed by atoms with Crippen molar-refractivity contribution in [2.24, 2.45) is 5.41 Å². The molecule has 25 heavy (non-hydrogen) atoms. The predicted molar refractivity (Wildman–Crippen MR) is 106 cm³/mol. The van der Waals surface area contributed by atoms with E-state index >= 15 is 0 Å². The molecule has 0 saturated carbocycles. The number of aryl methyl sites for hydroxylation is 1. The zero-order valence-corrected chi connectivity index (χ0v) is 15.9. The Morgan fingerprint density at radius 2 is 1.88 bits per heavy atom. The first-order valence-electron chi connectivity index (χ1n) is 9.55. The first kappa shape index (κ1) is 18.0. The number of nitrogens with zero attached hydrogens (tertiary/aromatic N) is 1. The second-order valence-corrected chi connectivity index (χ2v) is 8.09. The number of rotatable bonds is 6. The molecular formula is C23H31NO. The van der Waals surface area contributed by atoms with E-state index in [0.29, 0.717) is 5.41 Å². The normalized spacial score (nSPS) is 17.4. The summed E-state index contributed by atoms with van der Waals surface area (Å²) in [6.45, 7) is 11.3. The number of ether oxygens (including phenoxy) is 1. The van der Waals surface area contributed by atoms with Crippen molar-refractivity contribution in [3.63, 3.8) is 0 Å². The predicted octanol–water partition coefficient (Wildman–Crippen LogP) is 5.55. The van der Waals surface area contributed by atoms with Crippen LogP contribution in [0.5, 0.6) is 5.75 Å². The van der Waals surface area contributed by atoms with Crippen LogP contribution in [0.25, 0.3) is 11.1 Å². The Hall–Kier alpha value is -1.80. The van der Waals surface area contributed by atoms with Crippen molar-refractivity contribution >= 4 is 0 Å². The van der Waals surface area contributed by atoms with Gasteiger partial charge in [0.2, 0.25) is 0 Å². The van der Waals surface area contributed by atoms with Crippen LogP contribution in [0.2, 0.25) is 0 Å². The van der Waals surface area contributed by atoms with Crippen LogP contribution in [0.4, 0.5) is 0 Å². The molecule has 1 aliphatic heterocycles. The molecular weight excluding hydrogens is 306 g/mol. The zero-order chi connectivity index (χ0) is 17.7. The van der Waals surface area contributed by atoms with Crippen molar-refractivity contribution in [1.29, 1.82) is 0 Å². The smallest absolute Gasteiger partial charge is 0.119 e. The molecule has 2 aromatic carbocycles. The summed E-state index contributed by atoms with van der Waals surface area (Å²) in [6.07, 6.45) is 3.77. The van der Waals surface area contributed by atoms with Gasteiger partial charge in [0.05, 0.1) is 6.61 Å². The summed E-state index contributed by atoms with van der Waals surface area (Å²) < 4.78 is 5.99. The number of hydrogen-bond acceptors (Lipinski definition) is 2. The average molecular weight is 338 g/mol. The molecule has 2 nitrogen and oxygen atoms in total. The highest BCUT2D eigenvalue weighted by molar-refractivity contribution is 5.67. The van der Waals surface area contributed by atoms with Crippen LogP contribution in [0.15, 0.2) is 48.5 Å². The average Bonchev–Trinajstić information content (AvgIpc) is 2.59. The minimum Gasteiger partial charge on any atom is -0.494 e. The largest absolute Gasteiger partial charge is 0.494 e. The quantitative estimate of drug-likeness (QED) is 0.641. The van der Waals surface area contributed by atoms with Crippen molar-refractivity contribution < 1.29 is 4.74 Å². The monoisotopic (exact) mass is 337 g/mol. The molecule has 1 saturated heterocycles. The van der Waals surface area contributed by atoms with Gasteiger partial charge in [-0.15, -0.1) is 0 Å². The Morgan fingerprint density at radius 3 is 2.60 bits per heavy atom. The molecule has 2 heteroatoms. The third-order valence-electron chi connectivity index (χ3n) is 5.15. The second-order valence-electron chi connectivity index (χ2n) is 8.09. The highest BCUT2D eigenvalue weighted by Gasteiger charge is 2.25. The van der Waals surface area contributed by atoms with E-state index in [1.165, 1.54) is 42.6 Å². The fraction of sp³-hybridized carbons (Fsp3) is 0.478. The molecule has 1 fully saturated rings. The zero-order valence-electron chi connectivity index (χ0n) is 15.9. The van der Waals surface area contributed by atoms with Gasteiger partial charge >= 0.3 is 0 Å². The molecule has 0 aromatic heterocycles. The molecule has 1 aliphatic rings. The minimum absolute atomic E-state index is 0.476. The van der Waals surface area contributed by atoms with E-state index in [2.05, 4.69) is 74.2 Å². The van der Waals surface area contributed by atoms with Gasteiger partial charge in [-0.25, -0.2) is 0 Å². The SMILES string of the molecule is Cc1cc(OCCCN2CCCC(C)(C)C2)ccc1-c1ccccc1. The summed E-state index contributed by atoms with van der Waals surface area (Å²) >= 11 is 0. The first-order chi connectivity index (χ1) is 12.0. The molecule has 134 valence electrons. The van der Waals surface area contributed by atoms with Crippen LogP contribution in [0, 0.1) is 12.3 Å². The summed E-state index contributed by atoms with van der Waals surface area (Å²) in [4.78, 5) is 2.59. The topological polar surface area (TPSA) is 12.5 Å². The van der Waals surface area contributed by atoms with Gasteiger partial charge in [0.1, 0.15) is 5.75 Å². The lowest BCUT2D eigenvalue weighted by molar-refractivity contribution is 0.111. The third-order valence-corrected chi connectivity index (χ3v) is 5.15. The molecule has 0 bridgehead atoms. The number of benzene rings is 2. The van der Waals surface area contributed by atoms with Crippen molar-refractivity contribution in [3.05, 3.63) is 54.1 Å². The number of likely N-dealkylation sites (tertiary alicyclic amines) is 1. The van der Waals surface area contributed by atoms with E-state index in [1.807, 2.05) is 0 Å². The fourth-order valence-electron chi connectivity index (χ4n) is 3.88. The summed E-state index contributed by atoms with van der Waals surface area (Å²) in [5, 5.41) is 0. The Bertz CT molecular complexity index is 678. The van der Waals surface area contributed by atoms with Gasteiger partial charge in [0, 0.05) is 13.1 Å². The van der Waals surface area contributed by atoms with Crippen LogP contribution in [0.3, 0.4) is 0 Å². The lowest BCUT2D eigenvalue weighted by Crippen LogP contribution is -2.40.